The van der Waals surface area contributed by atoms with Gasteiger partial charge < -0.3 is 10.2 Å². The van der Waals surface area contributed by atoms with Gasteiger partial charge in [-0.25, -0.2) is 4.98 Å². The van der Waals surface area contributed by atoms with Crippen molar-refractivity contribution in [2.45, 2.75) is 0 Å². The Morgan fingerprint density at radius 3 is 2.67 bits per heavy atom. The van der Waals surface area contributed by atoms with Gasteiger partial charge in [0.15, 0.2) is 11.3 Å². The third-order valence-corrected chi connectivity index (χ3v) is 3.81. The van der Waals surface area contributed by atoms with E-state index < -0.39 is 0 Å². The lowest BCUT2D eigenvalue weighted by Crippen LogP contribution is -2.06. The Balaban J connectivity index is 2.30. The average Bonchev–Trinajstić information content (AvgIpc) is 2.51. The molecule has 0 aromatic heterocycles. The predicted molar refractivity (Wildman–Crippen MR) is 83.8 cm³/mol. The van der Waals surface area contributed by atoms with Crippen LogP contribution in [-0.2, 0) is 0 Å². The van der Waals surface area contributed by atoms with Crippen molar-refractivity contribution in [3.63, 3.8) is 0 Å². The molecule has 0 radical (unpaired) electrons. The smallest absolute Gasteiger partial charge is 0.208 e. The molecule has 0 bridgehead atoms. The zero-order valence-corrected chi connectivity index (χ0v) is 11.5. The second-order valence-corrected chi connectivity index (χ2v) is 5.19. The standard InChI is InChI=1S/C16H9ClN2O2/c17-13-15(20)10-4-2-1-3-9(10)14-16(13)21-12-7-8(18)5-6-11(12)19-14/h1-7H,18H2. The average molecular weight is 297 g/mol. The molecule has 0 atom stereocenters. The summed E-state index contributed by atoms with van der Waals surface area (Å²) in [4.78, 5) is 16.9. The van der Waals surface area contributed by atoms with Gasteiger partial charge in [0.05, 0.1) is 0 Å². The Hall–Kier alpha value is -2.59. The minimum absolute atomic E-state index is 0.0422. The number of nitrogens with zero attached hydrogens (tertiary/aromatic N) is 1. The van der Waals surface area contributed by atoms with Crippen LogP contribution in [0.3, 0.4) is 0 Å². The number of anilines is 1. The number of hydrogen-bond donors (Lipinski definition) is 1. The largest absolute Gasteiger partial charge is 0.451 e. The summed E-state index contributed by atoms with van der Waals surface area (Å²) in [7, 11) is 0. The van der Waals surface area contributed by atoms with E-state index in [2.05, 4.69) is 4.98 Å². The van der Waals surface area contributed by atoms with Crippen molar-refractivity contribution in [3.05, 3.63) is 57.7 Å². The van der Waals surface area contributed by atoms with Crippen molar-refractivity contribution < 1.29 is 4.42 Å². The molecule has 4 rings (SSSR count). The molecule has 2 aromatic rings. The van der Waals surface area contributed by atoms with Crippen LogP contribution in [0.5, 0.6) is 0 Å². The molecule has 21 heavy (non-hydrogen) atoms. The summed E-state index contributed by atoms with van der Waals surface area (Å²) < 4.78 is 5.77. The Kier molecular flexibility index (Phi) is 2.43. The first kappa shape index (κ1) is 12.2. The molecule has 0 unspecified atom stereocenters. The molecule has 0 spiro atoms. The highest BCUT2D eigenvalue weighted by Gasteiger charge is 2.20. The number of aromatic nitrogens is 1. The lowest BCUT2D eigenvalue weighted by molar-refractivity contribution is 0.614. The molecule has 1 heterocycles. The highest BCUT2D eigenvalue weighted by atomic mass is 35.5. The number of rotatable bonds is 0. The molecule has 2 aromatic carbocycles. The molecule has 1 aliphatic carbocycles. The maximum Gasteiger partial charge on any atom is 0.208 e. The molecule has 5 heteroatoms. The van der Waals surface area contributed by atoms with E-state index >= 15 is 0 Å². The highest BCUT2D eigenvalue weighted by molar-refractivity contribution is 6.34. The topological polar surface area (TPSA) is 69.1 Å². The van der Waals surface area contributed by atoms with Crippen molar-refractivity contribution in [1.82, 2.24) is 4.98 Å². The summed E-state index contributed by atoms with van der Waals surface area (Å²) >= 11 is 6.17. The van der Waals surface area contributed by atoms with Crippen molar-refractivity contribution in [3.8, 4) is 11.5 Å². The van der Waals surface area contributed by atoms with Crippen LogP contribution in [0.1, 0.15) is 0 Å². The molecule has 4 nitrogen and oxygen atoms in total. The fraction of sp³-hybridized carbons (Fsp3) is 0. The first-order valence-electron chi connectivity index (χ1n) is 6.35. The first-order chi connectivity index (χ1) is 10.1. The maximum absolute atomic E-state index is 12.3. The summed E-state index contributed by atoms with van der Waals surface area (Å²) in [5, 5.41) is 1.30. The SMILES string of the molecule is Nc1ccc2nc3c4ccccc4c(=O)c(Cl)c-3oc2c1. The van der Waals surface area contributed by atoms with Gasteiger partial charge >= 0.3 is 0 Å². The number of benzene rings is 3. The first-order valence-corrected chi connectivity index (χ1v) is 6.73. The van der Waals surface area contributed by atoms with Gasteiger partial charge in [0.1, 0.15) is 16.2 Å². The molecule has 0 fully saturated rings. The molecule has 1 aliphatic heterocycles. The molecule has 102 valence electrons. The zero-order valence-electron chi connectivity index (χ0n) is 10.8. The highest BCUT2D eigenvalue weighted by Crippen LogP contribution is 2.35. The maximum atomic E-state index is 12.3. The van der Waals surface area contributed by atoms with Crippen LogP contribution in [0.25, 0.3) is 33.3 Å². The monoisotopic (exact) mass is 296 g/mol. The molecule has 0 saturated carbocycles. The Morgan fingerprint density at radius 1 is 1.10 bits per heavy atom. The number of nitrogen functional groups attached to an aromatic ring is 1. The third kappa shape index (κ3) is 1.69. The van der Waals surface area contributed by atoms with Crippen molar-refractivity contribution in [2.75, 3.05) is 5.73 Å². The van der Waals surface area contributed by atoms with Crippen molar-refractivity contribution in [2.24, 2.45) is 0 Å². The molecular weight excluding hydrogens is 288 g/mol. The van der Waals surface area contributed by atoms with Gasteiger partial charge in [0, 0.05) is 22.5 Å². The molecule has 0 amide bonds. The second-order valence-electron chi connectivity index (χ2n) is 4.81. The minimum Gasteiger partial charge on any atom is -0.451 e. The Labute approximate surface area is 124 Å². The lowest BCUT2D eigenvalue weighted by Gasteiger charge is -2.11. The van der Waals surface area contributed by atoms with Crippen molar-refractivity contribution in [1.29, 1.82) is 0 Å². The lowest BCUT2D eigenvalue weighted by atomic mass is 10.0. The number of fused-ring (bicyclic) bond motifs is 4. The van der Waals surface area contributed by atoms with Crippen LogP contribution < -0.4 is 11.2 Å². The van der Waals surface area contributed by atoms with Crippen LogP contribution >= 0.6 is 11.6 Å². The number of nitrogens with two attached hydrogens (primary N) is 1. The van der Waals surface area contributed by atoms with Crippen LogP contribution in [0, 0.1) is 0 Å². The van der Waals surface area contributed by atoms with E-state index in [0.29, 0.717) is 33.6 Å². The van der Waals surface area contributed by atoms with Gasteiger partial charge in [-0.2, -0.15) is 0 Å². The summed E-state index contributed by atoms with van der Waals surface area (Å²) in [5.74, 6) is 0.290. The fourth-order valence-corrected chi connectivity index (χ4v) is 2.70. The van der Waals surface area contributed by atoms with Crippen LogP contribution in [0.4, 0.5) is 5.69 Å². The van der Waals surface area contributed by atoms with Crippen LogP contribution in [0.15, 0.2) is 51.7 Å². The van der Waals surface area contributed by atoms with Gasteiger partial charge in [-0.15, -0.1) is 0 Å². The van der Waals surface area contributed by atoms with Crippen molar-refractivity contribution >= 4 is 39.2 Å². The Morgan fingerprint density at radius 2 is 1.86 bits per heavy atom. The number of hydrogen-bond acceptors (Lipinski definition) is 4. The van der Waals surface area contributed by atoms with Gasteiger partial charge in [-0.1, -0.05) is 35.9 Å². The Bertz CT molecular complexity index is 1040. The quantitative estimate of drug-likeness (QED) is 0.305. The van der Waals surface area contributed by atoms with Gasteiger partial charge in [-0.05, 0) is 12.1 Å². The summed E-state index contributed by atoms with van der Waals surface area (Å²) in [6.45, 7) is 0. The van der Waals surface area contributed by atoms with Crippen LogP contribution in [0.2, 0.25) is 5.02 Å². The van der Waals surface area contributed by atoms with Crippen LogP contribution in [-0.4, -0.2) is 4.98 Å². The molecular formula is C16H9ClN2O2. The van der Waals surface area contributed by atoms with E-state index in [0.717, 1.165) is 5.39 Å². The van der Waals surface area contributed by atoms with E-state index in [9.17, 15) is 4.79 Å². The van der Waals surface area contributed by atoms with E-state index in [-0.39, 0.29) is 10.5 Å². The third-order valence-electron chi connectivity index (χ3n) is 3.47. The van der Waals surface area contributed by atoms with E-state index in [4.69, 9.17) is 21.8 Å². The van der Waals surface area contributed by atoms with E-state index in [1.807, 2.05) is 12.1 Å². The normalized spacial score (nSPS) is 11.5. The van der Waals surface area contributed by atoms with Gasteiger partial charge in [0.2, 0.25) is 5.43 Å². The zero-order chi connectivity index (χ0) is 14.6. The van der Waals surface area contributed by atoms with E-state index in [1.54, 1.807) is 30.3 Å². The summed E-state index contributed by atoms with van der Waals surface area (Å²) in [5.41, 5.74) is 7.79. The molecule has 2 N–H and O–H groups in total. The molecule has 2 aliphatic rings. The predicted octanol–water partition coefficient (Wildman–Crippen LogP) is 3.68. The summed E-state index contributed by atoms with van der Waals surface area (Å²) in [6.07, 6.45) is 0. The number of halogens is 1. The fourth-order valence-electron chi connectivity index (χ4n) is 2.47. The molecule has 0 saturated heterocycles. The minimum atomic E-state index is -0.256. The van der Waals surface area contributed by atoms with E-state index in [1.165, 1.54) is 0 Å². The summed E-state index contributed by atoms with van der Waals surface area (Å²) in [6, 6.07) is 12.4. The van der Waals surface area contributed by atoms with Gasteiger partial charge in [0.25, 0.3) is 0 Å². The van der Waals surface area contributed by atoms with Gasteiger partial charge in [-0.3, -0.25) is 4.79 Å². The second kappa shape index (κ2) is 4.20.